The molecule has 5 rings (SSSR count). The van der Waals surface area contributed by atoms with Gasteiger partial charge in [-0.3, -0.25) is 14.6 Å². The molecule has 0 radical (unpaired) electrons. The molecule has 2 aliphatic rings. The molecule has 1 saturated heterocycles. The molecule has 3 atom stereocenters. The van der Waals surface area contributed by atoms with E-state index in [4.69, 9.17) is 0 Å². The number of benzene rings is 1. The van der Waals surface area contributed by atoms with Gasteiger partial charge in [-0.15, -0.1) is 0 Å². The highest BCUT2D eigenvalue weighted by Crippen LogP contribution is 2.37. The fourth-order valence-corrected chi connectivity index (χ4v) is 6.34. The normalized spacial score (nSPS) is 20.0. The second kappa shape index (κ2) is 11.7. The highest BCUT2D eigenvalue weighted by molar-refractivity contribution is 5.96. The number of aryl methyl sites for hydroxylation is 1. The van der Waals surface area contributed by atoms with E-state index in [0.29, 0.717) is 6.54 Å². The van der Waals surface area contributed by atoms with Gasteiger partial charge in [0.05, 0.1) is 12.1 Å². The number of fused-ring (bicyclic) bond motifs is 1. The molecule has 2 amide bonds. The van der Waals surface area contributed by atoms with Crippen molar-refractivity contribution in [3.63, 3.8) is 0 Å². The summed E-state index contributed by atoms with van der Waals surface area (Å²) < 4.78 is 2.27. The molecule has 1 saturated carbocycles. The van der Waals surface area contributed by atoms with Gasteiger partial charge in [0.15, 0.2) is 0 Å². The van der Waals surface area contributed by atoms with Crippen molar-refractivity contribution >= 4 is 22.7 Å². The van der Waals surface area contributed by atoms with Gasteiger partial charge in [-0.2, -0.15) is 0 Å². The number of nitrogens with one attached hydrogen (secondary N) is 2. The number of carbonyl (C=O) groups excluding carboxylic acids is 2. The summed E-state index contributed by atoms with van der Waals surface area (Å²) in [6.07, 6.45) is 13.3. The monoisotopic (exact) mass is 515 g/mol. The van der Waals surface area contributed by atoms with Crippen LogP contribution in [0.5, 0.6) is 0 Å². The Hall–Kier alpha value is -3.19. The quantitative estimate of drug-likeness (QED) is 0.440. The number of nitrogens with zero attached hydrogens (tertiary/aromatic N) is 3. The fourth-order valence-electron chi connectivity index (χ4n) is 6.34. The van der Waals surface area contributed by atoms with Gasteiger partial charge in [0.1, 0.15) is 6.04 Å². The van der Waals surface area contributed by atoms with E-state index >= 15 is 0 Å². The summed E-state index contributed by atoms with van der Waals surface area (Å²) in [4.78, 5) is 33.6. The molecule has 2 N–H and O–H groups in total. The summed E-state index contributed by atoms with van der Waals surface area (Å²) in [5.74, 6) is 0.141. The van der Waals surface area contributed by atoms with E-state index < -0.39 is 6.04 Å². The maximum atomic E-state index is 14.1. The van der Waals surface area contributed by atoms with Gasteiger partial charge in [0, 0.05) is 53.7 Å². The van der Waals surface area contributed by atoms with Crippen molar-refractivity contribution < 1.29 is 9.59 Å². The minimum Gasteiger partial charge on any atom is -0.347 e. The van der Waals surface area contributed by atoms with Crippen molar-refractivity contribution in [1.29, 1.82) is 0 Å². The second-order valence-electron chi connectivity index (χ2n) is 10.9. The predicted octanol–water partition coefficient (Wildman–Crippen LogP) is 5.06. The molecular weight excluding hydrogens is 474 g/mol. The number of aromatic nitrogens is 2. The van der Waals surface area contributed by atoms with Gasteiger partial charge in [0.25, 0.3) is 0 Å². The Morgan fingerprint density at radius 2 is 1.87 bits per heavy atom. The highest BCUT2D eigenvalue weighted by atomic mass is 16.2. The number of carbonyl (C=O) groups is 2. The first-order valence-electron chi connectivity index (χ1n) is 14.3. The molecule has 0 spiro atoms. The molecule has 7 heteroatoms. The number of para-hydroxylation sites is 1. The van der Waals surface area contributed by atoms with Gasteiger partial charge in [-0.25, -0.2) is 0 Å². The van der Waals surface area contributed by atoms with Gasteiger partial charge < -0.3 is 20.1 Å². The van der Waals surface area contributed by atoms with Crippen LogP contribution in [0.25, 0.3) is 22.0 Å². The highest BCUT2D eigenvalue weighted by Gasteiger charge is 2.39. The molecule has 1 aromatic carbocycles. The van der Waals surface area contributed by atoms with E-state index in [2.05, 4.69) is 63.6 Å². The van der Waals surface area contributed by atoms with E-state index in [1.807, 2.05) is 24.2 Å². The summed E-state index contributed by atoms with van der Waals surface area (Å²) >= 11 is 0. The Labute approximate surface area is 226 Å². The summed E-state index contributed by atoms with van der Waals surface area (Å²) in [6.45, 7) is 5.61. The number of amides is 2. The second-order valence-corrected chi connectivity index (χ2v) is 10.9. The average molecular weight is 516 g/mol. The van der Waals surface area contributed by atoms with Gasteiger partial charge >= 0.3 is 0 Å². The maximum absolute atomic E-state index is 14.1. The van der Waals surface area contributed by atoms with Crippen LogP contribution in [0, 0.1) is 5.92 Å². The summed E-state index contributed by atoms with van der Waals surface area (Å²) in [6, 6.07) is 9.85. The Bertz CT molecular complexity index is 1280. The largest absolute Gasteiger partial charge is 0.347 e. The minimum absolute atomic E-state index is 0.0285. The number of likely N-dealkylation sites (tertiary alicyclic amines) is 1. The molecule has 3 aromatic rings. The lowest BCUT2D eigenvalue weighted by molar-refractivity contribution is -0.139. The van der Waals surface area contributed by atoms with E-state index in [1.165, 1.54) is 22.9 Å². The molecule has 0 bridgehead atoms. The molecular formula is C31H41N5O2. The minimum atomic E-state index is -0.474. The van der Waals surface area contributed by atoms with Crippen LogP contribution in [0.15, 0.2) is 48.9 Å². The lowest BCUT2D eigenvalue weighted by Gasteiger charge is -2.35. The summed E-state index contributed by atoms with van der Waals surface area (Å²) in [5, 5.41) is 7.37. The van der Waals surface area contributed by atoms with Gasteiger partial charge in [-0.05, 0) is 70.2 Å². The van der Waals surface area contributed by atoms with Crippen molar-refractivity contribution in [2.75, 3.05) is 13.6 Å². The van der Waals surface area contributed by atoms with Crippen LogP contribution in [0.4, 0.5) is 0 Å². The lowest BCUT2D eigenvalue weighted by atomic mass is 9.83. The SMILES string of the molecule is CCn1cc(-c2cncc([C@@H]3CCCN3C(=O)[C@@H](NC(=O)C(C)NC)C3CCCCC3)c2)c2ccccc21. The van der Waals surface area contributed by atoms with Gasteiger partial charge in [-0.1, -0.05) is 37.5 Å². The molecule has 1 aliphatic heterocycles. The van der Waals surface area contributed by atoms with Crippen LogP contribution in [0.1, 0.15) is 70.4 Å². The standard InChI is InChI=1S/C31H41N5O2/c1-4-35-20-26(25-13-8-9-14-28(25)35)23-17-24(19-33-18-23)27-15-10-16-36(27)31(38)29(22-11-6-5-7-12-22)34-30(37)21(2)32-3/h8-9,13-14,17-22,27,29,32H,4-7,10-12,15-16H2,1-3H3,(H,34,37)/t21?,27-,29-/m0/s1. The number of pyridine rings is 1. The molecule has 1 unspecified atom stereocenters. The lowest BCUT2D eigenvalue weighted by Crippen LogP contribution is -2.55. The first kappa shape index (κ1) is 26.4. The first-order valence-corrected chi connectivity index (χ1v) is 14.3. The zero-order chi connectivity index (χ0) is 26.6. The third kappa shape index (κ3) is 5.21. The fraction of sp³-hybridized carbons (Fsp3) is 0.516. The number of hydrogen-bond donors (Lipinski definition) is 2. The van der Waals surface area contributed by atoms with Crippen LogP contribution in [0.3, 0.4) is 0 Å². The third-order valence-electron chi connectivity index (χ3n) is 8.63. The third-order valence-corrected chi connectivity index (χ3v) is 8.63. The Morgan fingerprint density at radius 3 is 2.63 bits per heavy atom. The molecule has 2 aromatic heterocycles. The van der Waals surface area contributed by atoms with Crippen LogP contribution in [0.2, 0.25) is 0 Å². The van der Waals surface area contributed by atoms with Crippen molar-refractivity contribution in [2.24, 2.45) is 5.92 Å². The van der Waals surface area contributed by atoms with Gasteiger partial charge in [0.2, 0.25) is 11.8 Å². The zero-order valence-corrected chi connectivity index (χ0v) is 23.0. The number of hydrogen-bond acceptors (Lipinski definition) is 4. The average Bonchev–Trinajstić information content (AvgIpc) is 3.61. The molecule has 1 aliphatic carbocycles. The Balaban J connectivity index is 1.43. The van der Waals surface area contributed by atoms with Crippen LogP contribution in [-0.2, 0) is 16.1 Å². The molecule has 202 valence electrons. The number of rotatable bonds is 8. The number of likely N-dealkylation sites (N-methyl/N-ethyl adjacent to an activating group) is 1. The summed E-state index contributed by atoms with van der Waals surface area (Å²) in [5.41, 5.74) is 4.53. The van der Waals surface area contributed by atoms with Crippen LogP contribution in [-0.4, -0.2) is 51.9 Å². The van der Waals surface area contributed by atoms with E-state index in [0.717, 1.165) is 56.2 Å². The van der Waals surface area contributed by atoms with Crippen molar-refractivity contribution in [3.05, 3.63) is 54.5 Å². The molecule has 3 heterocycles. The molecule has 2 fully saturated rings. The maximum Gasteiger partial charge on any atom is 0.245 e. The topological polar surface area (TPSA) is 79.3 Å². The van der Waals surface area contributed by atoms with E-state index in [-0.39, 0.29) is 29.8 Å². The Kier molecular flexibility index (Phi) is 8.12. The molecule has 38 heavy (non-hydrogen) atoms. The Morgan fingerprint density at radius 1 is 1.08 bits per heavy atom. The first-order chi connectivity index (χ1) is 18.5. The van der Waals surface area contributed by atoms with Crippen molar-refractivity contribution in [1.82, 2.24) is 25.1 Å². The summed E-state index contributed by atoms with van der Waals surface area (Å²) in [7, 11) is 1.77. The van der Waals surface area contributed by atoms with E-state index in [9.17, 15) is 9.59 Å². The predicted molar refractivity (Wildman–Crippen MR) is 152 cm³/mol. The van der Waals surface area contributed by atoms with Crippen LogP contribution >= 0.6 is 0 Å². The van der Waals surface area contributed by atoms with Crippen molar-refractivity contribution in [3.8, 4) is 11.1 Å². The van der Waals surface area contributed by atoms with E-state index in [1.54, 1.807) is 7.05 Å². The zero-order valence-electron chi connectivity index (χ0n) is 23.0. The van der Waals surface area contributed by atoms with Crippen molar-refractivity contribution in [2.45, 2.75) is 83.5 Å². The smallest absolute Gasteiger partial charge is 0.245 e. The van der Waals surface area contributed by atoms with Crippen LogP contribution < -0.4 is 10.6 Å². The molecule has 7 nitrogen and oxygen atoms in total.